The fourth-order valence-corrected chi connectivity index (χ4v) is 2.64. The van der Waals surface area contributed by atoms with Crippen LogP contribution in [-0.4, -0.2) is 38.1 Å². The van der Waals surface area contributed by atoms with Crippen molar-refractivity contribution >= 4 is 0 Å². The molecule has 4 heteroatoms. The molecule has 112 valence electrons. The fraction of sp³-hybridized carbons (Fsp3) is 0.625. The van der Waals surface area contributed by atoms with E-state index in [1.165, 1.54) is 0 Å². The van der Waals surface area contributed by atoms with E-state index >= 15 is 0 Å². The summed E-state index contributed by atoms with van der Waals surface area (Å²) in [6, 6.07) is 5.89. The summed E-state index contributed by atoms with van der Waals surface area (Å²) in [6.45, 7) is 0.622. The van der Waals surface area contributed by atoms with E-state index in [1.54, 1.807) is 14.2 Å². The molecule has 0 unspecified atom stereocenters. The normalized spacial score (nSPS) is 22.6. The first kappa shape index (κ1) is 15.1. The number of ether oxygens (including phenoxy) is 3. The summed E-state index contributed by atoms with van der Waals surface area (Å²) in [5.41, 5.74) is 1.15. The zero-order valence-corrected chi connectivity index (χ0v) is 12.3. The van der Waals surface area contributed by atoms with E-state index in [2.05, 4.69) is 0 Å². The Morgan fingerprint density at radius 2 is 1.85 bits per heavy atom. The molecule has 0 spiro atoms. The first-order chi connectivity index (χ1) is 9.74. The van der Waals surface area contributed by atoms with Gasteiger partial charge >= 0.3 is 0 Å². The monoisotopic (exact) mass is 280 g/mol. The molecule has 0 amide bonds. The molecule has 1 aliphatic carbocycles. The van der Waals surface area contributed by atoms with E-state index < -0.39 is 0 Å². The van der Waals surface area contributed by atoms with Crippen molar-refractivity contribution in [2.45, 2.75) is 44.3 Å². The molecule has 0 aromatic heterocycles. The second-order valence-corrected chi connectivity index (χ2v) is 5.20. The lowest BCUT2D eigenvalue weighted by molar-refractivity contribution is -0.0575. The first-order valence-corrected chi connectivity index (χ1v) is 7.25. The van der Waals surface area contributed by atoms with Crippen molar-refractivity contribution in [3.8, 4) is 11.5 Å². The molecule has 1 aromatic carbocycles. The van der Waals surface area contributed by atoms with Gasteiger partial charge in [0.05, 0.1) is 33.0 Å². The SMILES string of the molecule is COc1ccc(CCO[C@@H]2CCCC[C@H]2O)cc1OC. The Hall–Kier alpha value is -1.26. The van der Waals surface area contributed by atoms with Gasteiger partial charge in [-0.1, -0.05) is 18.9 Å². The Bertz CT molecular complexity index is 419. The lowest BCUT2D eigenvalue weighted by atomic mass is 9.95. The molecule has 1 aliphatic rings. The predicted octanol–water partition coefficient (Wildman–Crippen LogP) is 2.57. The van der Waals surface area contributed by atoms with Crippen LogP contribution in [0.15, 0.2) is 18.2 Å². The second-order valence-electron chi connectivity index (χ2n) is 5.20. The Morgan fingerprint density at radius 1 is 1.10 bits per heavy atom. The van der Waals surface area contributed by atoms with Gasteiger partial charge in [-0.25, -0.2) is 0 Å². The van der Waals surface area contributed by atoms with Crippen LogP contribution < -0.4 is 9.47 Å². The van der Waals surface area contributed by atoms with E-state index in [1.807, 2.05) is 18.2 Å². The Labute approximate surface area is 120 Å². The van der Waals surface area contributed by atoms with Crippen LogP contribution in [0.1, 0.15) is 31.2 Å². The third-order valence-electron chi connectivity index (χ3n) is 3.84. The molecule has 2 rings (SSSR count). The van der Waals surface area contributed by atoms with Crippen molar-refractivity contribution in [2.24, 2.45) is 0 Å². The standard InChI is InChI=1S/C16H24O4/c1-18-15-8-7-12(11-16(15)19-2)9-10-20-14-6-4-3-5-13(14)17/h7-8,11,13-14,17H,3-6,9-10H2,1-2H3/t13-,14-/m1/s1. The summed E-state index contributed by atoms with van der Waals surface area (Å²) in [5, 5.41) is 9.86. The van der Waals surface area contributed by atoms with Crippen molar-refractivity contribution in [3.63, 3.8) is 0 Å². The van der Waals surface area contributed by atoms with Crippen LogP contribution in [0.4, 0.5) is 0 Å². The van der Waals surface area contributed by atoms with E-state index in [0.29, 0.717) is 6.61 Å². The molecule has 1 N–H and O–H groups in total. The van der Waals surface area contributed by atoms with Crippen molar-refractivity contribution in [2.75, 3.05) is 20.8 Å². The molecule has 1 fully saturated rings. The lowest BCUT2D eigenvalue weighted by Gasteiger charge is -2.27. The number of aliphatic hydroxyl groups is 1. The van der Waals surface area contributed by atoms with Gasteiger partial charge in [0.2, 0.25) is 0 Å². The second kappa shape index (κ2) is 7.50. The highest BCUT2D eigenvalue weighted by Crippen LogP contribution is 2.28. The summed E-state index contributed by atoms with van der Waals surface area (Å²) >= 11 is 0. The topological polar surface area (TPSA) is 47.9 Å². The Balaban J connectivity index is 1.84. The zero-order valence-electron chi connectivity index (χ0n) is 12.3. The average Bonchev–Trinajstić information content (AvgIpc) is 2.49. The highest BCUT2D eigenvalue weighted by molar-refractivity contribution is 5.42. The van der Waals surface area contributed by atoms with Crippen molar-refractivity contribution < 1.29 is 19.3 Å². The van der Waals surface area contributed by atoms with E-state index in [9.17, 15) is 5.11 Å². The number of methoxy groups -OCH3 is 2. The number of hydrogen-bond acceptors (Lipinski definition) is 4. The highest BCUT2D eigenvalue weighted by Gasteiger charge is 2.23. The van der Waals surface area contributed by atoms with Gasteiger partial charge < -0.3 is 19.3 Å². The minimum absolute atomic E-state index is 0.00361. The van der Waals surface area contributed by atoms with Crippen LogP contribution >= 0.6 is 0 Å². The molecule has 0 saturated heterocycles. The van der Waals surface area contributed by atoms with Gasteiger partial charge in [-0.3, -0.25) is 0 Å². The number of hydrogen-bond donors (Lipinski definition) is 1. The quantitative estimate of drug-likeness (QED) is 0.870. The summed E-state index contributed by atoms with van der Waals surface area (Å²) in [4.78, 5) is 0. The molecule has 1 aromatic rings. The predicted molar refractivity (Wildman–Crippen MR) is 77.5 cm³/mol. The smallest absolute Gasteiger partial charge is 0.160 e. The van der Waals surface area contributed by atoms with Gasteiger partial charge in [0.25, 0.3) is 0 Å². The van der Waals surface area contributed by atoms with Crippen LogP contribution in [0.3, 0.4) is 0 Å². The van der Waals surface area contributed by atoms with E-state index in [0.717, 1.165) is 49.2 Å². The number of rotatable bonds is 6. The molecule has 0 radical (unpaired) electrons. The van der Waals surface area contributed by atoms with Gasteiger partial charge in [0.15, 0.2) is 11.5 Å². The molecule has 0 bridgehead atoms. The summed E-state index contributed by atoms with van der Waals surface area (Å²) in [5.74, 6) is 1.47. The van der Waals surface area contributed by atoms with E-state index in [4.69, 9.17) is 14.2 Å². The van der Waals surface area contributed by atoms with E-state index in [-0.39, 0.29) is 12.2 Å². The Kier molecular flexibility index (Phi) is 5.68. The van der Waals surface area contributed by atoms with Gasteiger partial charge in [0.1, 0.15) is 0 Å². The molecule has 0 heterocycles. The van der Waals surface area contributed by atoms with Crippen LogP contribution in [0.25, 0.3) is 0 Å². The number of aliphatic hydroxyl groups excluding tert-OH is 1. The van der Waals surface area contributed by atoms with Crippen LogP contribution in [-0.2, 0) is 11.2 Å². The number of benzene rings is 1. The third kappa shape index (κ3) is 3.87. The molecular weight excluding hydrogens is 256 g/mol. The van der Waals surface area contributed by atoms with Crippen LogP contribution in [0.2, 0.25) is 0 Å². The minimum Gasteiger partial charge on any atom is -0.493 e. The summed E-state index contributed by atoms with van der Waals surface area (Å²) in [6.07, 6.45) is 4.60. The van der Waals surface area contributed by atoms with Gasteiger partial charge in [-0.15, -0.1) is 0 Å². The van der Waals surface area contributed by atoms with Gasteiger partial charge in [0, 0.05) is 0 Å². The molecule has 0 aliphatic heterocycles. The minimum atomic E-state index is -0.297. The maximum atomic E-state index is 9.86. The highest BCUT2D eigenvalue weighted by atomic mass is 16.5. The molecule has 2 atom stereocenters. The largest absolute Gasteiger partial charge is 0.493 e. The lowest BCUT2D eigenvalue weighted by Crippen LogP contribution is -2.32. The molecular formula is C16H24O4. The van der Waals surface area contributed by atoms with Crippen LogP contribution in [0, 0.1) is 0 Å². The van der Waals surface area contributed by atoms with Crippen molar-refractivity contribution in [1.29, 1.82) is 0 Å². The fourth-order valence-electron chi connectivity index (χ4n) is 2.64. The summed E-state index contributed by atoms with van der Waals surface area (Å²) < 4.78 is 16.3. The summed E-state index contributed by atoms with van der Waals surface area (Å²) in [7, 11) is 3.27. The molecule has 20 heavy (non-hydrogen) atoms. The maximum absolute atomic E-state index is 9.86. The molecule has 4 nitrogen and oxygen atoms in total. The third-order valence-corrected chi connectivity index (χ3v) is 3.84. The Morgan fingerprint density at radius 3 is 2.55 bits per heavy atom. The van der Waals surface area contributed by atoms with Gasteiger partial charge in [-0.2, -0.15) is 0 Å². The van der Waals surface area contributed by atoms with Gasteiger partial charge in [-0.05, 0) is 37.0 Å². The zero-order chi connectivity index (χ0) is 14.4. The van der Waals surface area contributed by atoms with Crippen molar-refractivity contribution in [3.05, 3.63) is 23.8 Å². The molecule has 1 saturated carbocycles. The first-order valence-electron chi connectivity index (χ1n) is 7.25. The van der Waals surface area contributed by atoms with Crippen molar-refractivity contribution in [1.82, 2.24) is 0 Å². The maximum Gasteiger partial charge on any atom is 0.160 e. The average molecular weight is 280 g/mol. The van der Waals surface area contributed by atoms with Crippen LogP contribution in [0.5, 0.6) is 11.5 Å².